The van der Waals surface area contributed by atoms with Gasteiger partial charge in [0.2, 0.25) is 0 Å². The van der Waals surface area contributed by atoms with Gasteiger partial charge in [-0.3, -0.25) is 0 Å². The molecule has 0 radical (unpaired) electrons. The second kappa shape index (κ2) is 11.0. The first-order valence-electron chi connectivity index (χ1n) is 10.9. The molecule has 5 heteroatoms. The van der Waals surface area contributed by atoms with Gasteiger partial charge in [0.05, 0.1) is 19.8 Å². The lowest BCUT2D eigenvalue weighted by atomic mass is 9.99. The van der Waals surface area contributed by atoms with Crippen molar-refractivity contribution in [3.63, 3.8) is 0 Å². The highest BCUT2D eigenvalue weighted by atomic mass is 16.6. The third kappa shape index (κ3) is 5.82. The quantitative estimate of drug-likeness (QED) is 0.459. The van der Waals surface area contributed by atoms with E-state index in [1.165, 1.54) is 0 Å². The Bertz CT molecular complexity index is 961. The Morgan fingerprint density at radius 1 is 0.625 bits per heavy atom. The molecule has 1 fully saturated rings. The molecule has 0 bridgehead atoms. The number of hydrogen-bond donors (Lipinski definition) is 0. The summed E-state index contributed by atoms with van der Waals surface area (Å²) in [4.78, 5) is 12.8. The van der Waals surface area contributed by atoms with Crippen LogP contribution in [0.5, 0.6) is 0 Å². The molecular formula is C27H28O5. The molecule has 0 aromatic heterocycles. The average Bonchev–Trinajstić information content (AvgIpc) is 2.83. The first-order chi connectivity index (χ1) is 15.7. The lowest BCUT2D eigenvalue weighted by molar-refractivity contribution is -0.230. The van der Waals surface area contributed by atoms with Gasteiger partial charge in [0, 0.05) is 0 Å². The van der Waals surface area contributed by atoms with Crippen molar-refractivity contribution < 1.29 is 23.7 Å². The Hall–Kier alpha value is -2.99. The summed E-state index contributed by atoms with van der Waals surface area (Å²) in [6.45, 7) is 2.86. The molecule has 166 valence electrons. The fraction of sp³-hybridized carbons (Fsp3) is 0.296. The van der Waals surface area contributed by atoms with Gasteiger partial charge in [-0.2, -0.15) is 0 Å². The average molecular weight is 433 g/mol. The van der Waals surface area contributed by atoms with Crippen molar-refractivity contribution in [2.75, 3.05) is 0 Å². The summed E-state index contributed by atoms with van der Waals surface area (Å²) in [6, 6.07) is 29.5. The van der Waals surface area contributed by atoms with Gasteiger partial charge in [-0.25, -0.2) is 4.79 Å². The van der Waals surface area contributed by atoms with E-state index in [0.29, 0.717) is 13.2 Å². The third-order valence-electron chi connectivity index (χ3n) is 5.46. The molecule has 0 N–H and O–H groups in total. The first-order valence-corrected chi connectivity index (χ1v) is 10.9. The molecule has 1 heterocycles. The predicted octanol–water partition coefficient (Wildman–Crippen LogP) is 4.69. The van der Waals surface area contributed by atoms with Crippen LogP contribution in [0.3, 0.4) is 0 Å². The van der Waals surface area contributed by atoms with Gasteiger partial charge in [0.1, 0.15) is 18.3 Å². The molecule has 1 aliphatic heterocycles. The van der Waals surface area contributed by atoms with E-state index in [1.807, 2.05) is 97.9 Å². The largest absolute Gasteiger partial charge is 0.458 e. The zero-order valence-corrected chi connectivity index (χ0v) is 18.1. The van der Waals surface area contributed by atoms with Gasteiger partial charge < -0.3 is 18.9 Å². The maximum atomic E-state index is 12.8. The second-order valence-corrected chi connectivity index (χ2v) is 7.88. The summed E-state index contributed by atoms with van der Waals surface area (Å²) < 4.78 is 24.1. The number of carbonyl (C=O) groups excluding carboxylic acids is 1. The van der Waals surface area contributed by atoms with Gasteiger partial charge in [0.25, 0.3) is 0 Å². The van der Waals surface area contributed by atoms with Crippen LogP contribution in [0.15, 0.2) is 91.0 Å². The molecule has 0 amide bonds. The van der Waals surface area contributed by atoms with E-state index in [9.17, 15) is 4.79 Å². The summed E-state index contributed by atoms with van der Waals surface area (Å²) in [6.07, 6.45) is -2.39. The molecule has 0 spiro atoms. The molecule has 4 atom stereocenters. The monoisotopic (exact) mass is 432 g/mol. The second-order valence-electron chi connectivity index (χ2n) is 7.88. The van der Waals surface area contributed by atoms with Gasteiger partial charge >= 0.3 is 5.97 Å². The Morgan fingerprint density at radius 3 is 1.50 bits per heavy atom. The number of cyclic esters (lactones) is 1. The van der Waals surface area contributed by atoms with Gasteiger partial charge in [-0.15, -0.1) is 0 Å². The summed E-state index contributed by atoms with van der Waals surface area (Å²) in [5, 5.41) is 0. The van der Waals surface area contributed by atoms with Crippen LogP contribution in [0.4, 0.5) is 0 Å². The lowest BCUT2D eigenvalue weighted by Crippen LogP contribution is -2.57. The summed E-state index contributed by atoms with van der Waals surface area (Å²) in [5.41, 5.74) is 3.03. The molecule has 3 aromatic carbocycles. The van der Waals surface area contributed by atoms with Crippen LogP contribution in [0.1, 0.15) is 23.6 Å². The van der Waals surface area contributed by atoms with E-state index >= 15 is 0 Å². The minimum Gasteiger partial charge on any atom is -0.458 e. The number of ether oxygens (including phenoxy) is 4. The fourth-order valence-corrected chi connectivity index (χ4v) is 3.76. The van der Waals surface area contributed by atoms with E-state index < -0.39 is 30.4 Å². The zero-order chi connectivity index (χ0) is 22.2. The Labute approximate surface area is 188 Å². The van der Waals surface area contributed by atoms with E-state index in [4.69, 9.17) is 18.9 Å². The molecule has 1 aliphatic rings. The number of carbonyl (C=O) groups is 1. The van der Waals surface area contributed by atoms with Crippen LogP contribution < -0.4 is 0 Å². The van der Waals surface area contributed by atoms with Crippen molar-refractivity contribution in [1.82, 2.24) is 0 Å². The molecule has 32 heavy (non-hydrogen) atoms. The van der Waals surface area contributed by atoms with Crippen molar-refractivity contribution >= 4 is 5.97 Å². The van der Waals surface area contributed by atoms with E-state index in [2.05, 4.69) is 0 Å². The Balaban J connectivity index is 1.51. The highest BCUT2D eigenvalue weighted by Crippen LogP contribution is 2.27. The highest BCUT2D eigenvalue weighted by Gasteiger charge is 2.47. The van der Waals surface area contributed by atoms with E-state index in [-0.39, 0.29) is 6.61 Å². The van der Waals surface area contributed by atoms with Crippen molar-refractivity contribution in [1.29, 1.82) is 0 Å². The van der Waals surface area contributed by atoms with Crippen LogP contribution in [0.2, 0.25) is 0 Å². The molecular weight excluding hydrogens is 404 g/mol. The van der Waals surface area contributed by atoms with Gasteiger partial charge in [-0.1, -0.05) is 91.0 Å². The van der Waals surface area contributed by atoms with Crippen LogP contribution in [-0.2, 0) is 43.6 Å². The van der Waals surface area contributed by atoms with Gasteiger partial charge in [0.15, 0.2) is 6.10 Å². The predicted molar refractivity (Wildman–Crippen MR) is 121 cm³/mol. The van der Waals surface area contributed by atoms with Crippen molar-refractivity contribution in [3.8, 4) is 0 Å². The number of hydrogen-bond acceptors (Lipinski definition) is 5. The van der Waals surface area contributed by atoms with Crippen LogP contribution in [-0.4, -0.2) is 30.4 Å². The molecule has 1 saturated heterocycles. The van der Waals surface area contributed by atoms with Crippen molar-refractivity contribution in [2.45, 2.75) is 51.2 Å². The smallest absolute Gasteiger partial charge is 0.338 e. The van der Waals surface area contributed by atoms with Crippen molar-refractivity contribution in [3.05, 3.63) is 108 Å². The molecule has 3 aromatic rings. The molecule has 4 rings (SSSR count). The van der Waals surface area contributed by atoms with Crippen LogP contribution >= 0.6 is 0 Å². The standard InChI is InChI=1S/C27H28O5/c1-20-24(29-17-21-11-5-2-6-12-21)25(30-18-22-13-7-3-8-14-22)26(27(28)32-20)31-19-23-15-9-4-10-16-23/h2-16,20,24-26H,17-19H2,1H3/t20-,24-,25+,26+/m0/s1. The summed E-state index contributed by atoms with van der Waals surface area (Å²) >= 11 is 0. The number of benzene rings is 3. The minimum atomic E-state index is -0.879. The SMILES string of the molecule is C[C@@H]1OC(=O)[C@H](OCc2ccccc2)[C@H](OCc2ccccc2)[C@H]1OCc1ccccc1. The fourth-order valence-electron chi connectivity index (χ4n) is 3.76. The molecule has 0 unspecified atom stereocenters. The van der Waals surface area contributed by atoms with Crippen LogP contribution in [0.25, 0.3) is 0 Å². The maximum Gasteiger partial charge on any atom is 0.338 e. The third-order valence-corrected chi connectivity index (χ3v) is 5.46. The molecule has 5 nitrogen and oxygen atoms in total. The molecule has 0 saturated carbocycles. The van der Waals surface area contributed by atoms with Crippen molar-refractivity contribution in [2.24, 2.45) is 0 Å². The van der Waals surface area contributed by atoms with Crippen LogP contribution in [0, 0.1) is 0 Å². The topological polar surface area (TPSA) is 54.0 Å². The highest BCUT2D eigenvalue weighted by molar-refractivity contribution is 5.77. The Kier molecular flexibility index (Phi) is 7.67. The minimum absolute atomic E-state index is 0.283. The van der Waals surface area contributed by atoms with E-state index in [1.54, 1.807) is 0 Å². The normalized spacial score (nSPS) is 23.0. The maximum absolute atomic E-state index is 12.8. The van der Waals surface area contributed by atoms with Gasteiger partial charge in [-0.05, 0) is 23.6 Å². The zero-order valence-electron chi connectivity index (χ0n) is 18.1. The number of esters is 1. The number of rotatable bonds is 9. The lowest BCUT2D eigenvalue weighted by Gasteiger charge is -2.40. The Morgan fingerprint density at radius 2 is 1.03 bits per heavy atom. The summed E-state index contributed by atoms with van der Waals surface area (Å²) in [5.74, 6) is -0.425. The molecule has 0 aliphatic carbocycles. The van der Waals surface area contributed by atoms with E-state index in [0.717, 1.165) is 16.7 Å². The first kappa shape index (κ1) is 22.2. The summed E-state index contributed by atoms with van der Waals surface area (Å²) in [7, 11) is 0.